The van der Waals surface area contributed by atoms with Gasteiger partial charge in [-0.1, -0.05) is 0 Å². The Balaban J connectivity index is 1.40. The molecule has 2 N–H and O–H groups in total. The topological polar surface area (TPSA) is 115 Å². The molecule has 0 radical (unpaired) electrons. The predicted molar refractivity (Wildman–Crippen MR) is 149 cm³/mol. The first-order chi connectivity index (χ1) is 19.0. The second kappa shape index (κ2) is 10.5. The van der Waals surface area contributed by atoms with E-state index in [1.807, 2.05) is 28.4 Å². The normalized spacial score (nSPS) is 18.3. The van der Waals surface area contributed by atoms with Crippen molar-refractivity contribution in [3.63, 3.8) is 0 Å². The van der Waals surface area contributed by atoms with Crippen molar-refractivity contribution < 1.29 is 14.6 Å². The van der Waals surface area contributed by atoms with Gasteiger partial charge in [0.1, 0.15) is 17.9 Å². The number of nitrogens with one attached hydrogen (secondary N) is 1. The highest BCUT2D eigenvalue weighted by molar-refractivity contribution is 5.91. The number of anilines is 3. The number of methoxy groups -OCH3 is 1. The van der Waals surface area contributed by atoms with E-state index < -0.39 is 0 Å². The molecule has 1 atom stereocenters. The molecule has 2 fully saturated rings. The number of rotatable bonds is 7. The number of ether oxygens (including phenoxy) is 2. The summed E-state index contributed by atoms with van der Waals surface area (Å²) in [5, 5.41) is 19.3. The Morgan fingerprint density at radius 2 is 1.95 bits per heavy atom. The standard InChI is InChI=1S/C28H36N8O3/c1-17-12-22(13-23(38-4)18(17)2)34-14-24(29-16-34)30-28-31-26(35-9-5-6-21(35)15-37)25-19(3)33-36(27(25)32-28)20-7-10-39-11-8-20/h12-14,16,20-21,37H,5-11,15H2,1-4H3,(H,30,31,32)/t21-/m0/s1. The number of hydrogen-bond acceptors (Lipinski definition) is 9. The lowest BCUT2D eigenvalue weighted by molar-refractivity contribution is 0.0672. The van der Waals surface area contributed by atoms with Gasteiger partial charge in [-0.05, 0) is 63.6 Å². The van der Waals surface area contributed by atoms with Crippen LogP contribution >= 0.6 is 0 Å². The highest BCUT2D eigenvalue weighted by Crippen LogP contribution is 2.36. The van der Waals surface area contributed by atoms with Gasteiger partial charge in [0.2, 0.25) is 5.95 Å². The second-order valence-corrected chi connectivity index (χ2v) is 10.5. The van der Waals surface area contributed by atoms with Crippen molar-refractivity contribution in [2.45, 2.75) is 58.5 Å². The molecule has 11 nitrogen and oxygen atoms in total. The lowest BCUT2D eigenvalue weighted by Gasteiger charge is -2.26. The fourth-order valence-corrected chi connectivity index (χ4v) is 5.75. The molecule has 0 bridgehead atoms. The highest BCUT2D eigenvalue weighted by atomic mass is 16.5. The number of aromatic nitrogens is 6. The van der Waals surface area contributed by atoms with E-state index in [1.165, 1.54) is 0 Å². The van der Waals surface area contributed by atoms with Gasteiger partial charge in [0.15, 0.2) is 11.5 Å². The molecule has 5 heterocycles. The van der Waals surface area contributed by atoms with Crippen LogP contribution in [0, 0.1) is 20.8 Å². The van der Waals surface area contributed by atoms with Gasteiger partial charge in [-0.3, -0.25) is 0 Å². The van der Waals surface area contributed by atoms with Crippen molar-refractivity contribution in [2.24, 2.45) is 0 Å². The number of imidazole rings is 1. The van der Waals surface area contributed by atoms with Gasteiger partial charge < -0.3 is 29.4 Å². The summed E-state index contributed by atoms with van der Waals surface area (Å²) in [5.74, 6) is 2.74. The van der Waals surface area contributed by atoms with Crippen LogP contribution < -0.4 is 15.0 Å². The molecule has 2 aliphatic rings. The van der Waals surface area contributed by atoms with Crippen LogP contribution in [-0.4, -0.2) is 73.9 Å². The summed E-state index contributed by atoms with van der Waals surface area (Å²) in [5.41, 5.74) is 4.92. The number of nitrogens with zero attached hydrogens (tertiary/aromatic N) is 7. The molecule has 39 heavy (non-hydrogen) atoms. The molecule has 0 spiro atoms. The van der Waals surface area contributed by atoms with Crippen LogP contribution in [0.2, 0.25) is 0 Å². The molecule has 0 unspecified atom stereocenters. The maximum atomic E-state index is 10.1. The summed E-state index contributed by atoms with van der Waals surface area (Å²) in [6.07, 6.45) is 7.42. The summed E-state index contributed by atoms with van der Waals surface area (Å²) >= 11 is 0. The Morgan fingerprint density at radius 3 is 2.72 bits per heavy atom. The van der Waals surface area contributed by atoms with E-state index in [9.17, 15) is 5.11 Å². The van der Waals surface area contributed by atoms with Crippen LogP contribution in [-0.2, 0) is 4.74 Å². The maximum Gasteiger partial charge on any atom is 0.232 e. The van der Waals surface area contributed by atoms with Crippen LogP contribution in [0.15, 0.2) is 24.7 Å². The molecule has 6 rings (SSSR count). The summed E-state index contributed by atoms with van der Waals surface area (Å²) in [7, 11) is 1.69. The number of benzene rings is 1. The smallest absolute Gasteiger partial charge is 0.232 e. The van der Waals surface area contributed by atoms with E-state index in [-0.39, 0.29) is 18.7 Å². The first-order valence-electron chi connectivity index (χ1n) is 13.7. The Kier molecular flexibility index (Phi) is 6.86. The average Bonchev–Trinajstić information content (AvgIpc) is 3.69. The summed E-state index contributed by atoms with van der Waals surface area (Å²) in [6, 6.07) is 4.37. The van der Waals surface area contributed by atoms with Crippen molar-refractivity contribution in [2.75, 3.05) is 43.7 Å². The molecular weight excluding hydrogens is 496 g/mol. The highest BCUT2D eigenvalue weighted by Gasteiger charge is 2.31. The molecule has 11 heteroatoms. The van der Waals surface area contributed by atoms with Crippen molar-refractivity contribution in [3.05, 3.63) is 41.5 Å². The molecule has 2 aliphatic heterocycles. The van der Waals surface area contributed by atoms with E-state index >= 15 is 0 Å². The van der Waals surface area contributed by atoms with E-state index in [1.54, 1.807) is 13.4 Å². The fourth-order valence-electron chi connectivity index (χ4n) is 5.75. The minimum atomic E-state index is 0.0285. The van der Waals surface area contributed by atoms with E-state index in [2.05, 4.69) is 35.1 Å². The number of aliphatic hydroxyl groups is 1. The summed E-state index contributed by atoms with van der Waals surface area (Å²) < 4.78 is 15.2. The zero-order chi connectivity index (χ0) is 27.1. The monoisotopic (exact) mass is 532 g/mol. The minimum absolute atomic E-state index is 0.0285. The van der Waals surface area contributed by atoms with Gasteiger partial charge in [-0.15, -0.1) is 0 Å². The first-order valence-corrected chi connectivity index (χ1v) is 13.7. The number of fused-ring (bicyclic) bond motifs is 1. The van der Waals surface area contributed by atoms with E-state index in [0.29, 0.717) is 25.0 Å². The summed E-state index contributed by atoms with van der Waals surface area (Å²) in [6.45, 7) is 8.50. The van der Waals surface area contributed by atoms with Gasteiger partial charge in [-0.25, -0.2) is 9.67 Å². The molecule has 1 aromatic carbocycles. The Hall–Kier alpha value is -3.70. The van der Waals surface area contributed by atoms with E-state index in [4.69, 9.17) is 24.5 Å². The van der Waals surface area contributed by atoms with Crippen LogP contribution in [0.1, 0.15) is 48.5 Å². The maximum absolute atomic E-state index is 10.1. The zero-order valence-electron chi connectivity index (χ0n) is 23.0. The van der Waals surface area contributed by atoms with Crippen LogP contribution in [0.25, 0.3) is 16.7 Å². The number of hydrogen-bond donors (Lipinski definition) is 2. The third-order valence-electron chi connectivity index (χ3n) is 8.05. The third kappa shape index (κ3) is 4.70. The van der Waals surface area contributed by atoms with Gasteiger partial charge in [0, 0.05) is 25.8 Å². The minimum Gasteiger partial charge on any atom is -0.496 e. The Labute approximate surface area is 227 Å². The van der Waals surface area contributed by atoms with Gasteiger partial charge in [0.25, 0.3) is 0 Å². The van der Waals surface area contributed by atoms with Crippen molar-refractivity contribution in [1.82, 2.24) is 29.3 Å². The molecule has 3 aromatic heterocycles. The number of aryl methyl sites for hydroxylation is 2. The Bertz CT molecular complexity index is 1490. The molecule has 0 amide bonds. The molecule has 206 valence electrons. The third-order valence-corrected chi connectivity index (χ3v) is 8.05. The predicted octanol–water partition coefficient (Wildman–Crippen LogP) is 4.00. The van der Waals surface area contributed by atoms with Crippen molar-refractivity contribution in [3.8, 4) is 11.4 Å². The van der Waals surface area contributed by atoms with Gasteiger partial charge >= 0.3 is 0 Å². The van der Waals surface area contributed by atoms with Crippen molar-refractivity contribution >= 4 is 28.6 Å². The SMILES string of the molecule is COc1cc(-n2cnc(Nc3nc(N4CCC[C@H]4CO)c4c(C)nn(C5CCOCC5)c4n3)c2)cc(C)c1C. The van der Waals surface area contributed by atoms with Crippen molar-refractivity contribution in [1.29, 1.82) is 0 Å². The molecule has 2 saturated heterocycles. The quantitative estimate of drug-likeness (QED) is 0.364. The first kappa shape index (κ1) is 25.6. The summed E-state index contributed by atoms with van der Waals surface area (Å²) in [4.78, 5) is 16.7. The van der Waals surface area contributed by atoms with E-state index in [0.717, 1.165) is 77.3 Å². The fraction of sp³-hybridized carbons (Fsp3) is 0.500. The lowest BCUT2D eigenvalue weighted by Crippen LogP contribution is -2.33. The molecule has 0 aliphatic carbocycles. The second-order valence-electron chi connectivity index (χ2n) is 10.5. The van der Waals surface area contributed by atoms with Crippen LogP contribution in [0.3, 0.4) is 0 Å². The number of aliphatic hydroxyl groups excluding tert-OH is 1. The van der Waals surface area contributed by atoms with Gasteiger partial charge in [0.05, 0.1) is 48.8 Å². The molecule has 0 saturated carbocycles. The zero-order valence-corrected chi connectivity index (χ0v) is 23.0. The van der Waals surface area contributed by atoms with Crippen LogP contribution in [0.5, 0.6) is 5.75 Å². The van der Waals surface area contributed by atoms with Gasteiger partial charge in [-0.2, -0.15) is 15.1 Å². The average molecular weight is 533 g/mol. The lowest BCUT2D eigenvalue weighted by atomic mass is 10.1. The largest absolute Gasteiger partial charge is 0.496 e. The molecular formula is C28H36N8O3. The molecule has 4 aromatic rings. The Morgan fingerprint density at radius 1 is 1.13 bits per heavy atom. The van der Waals surface area contributed by atoms with Crippen LogP contribution in [0.4, 0.5) is 17.6 Å².